The summed E-state index contributed by atoms with van der Waals surface area (Å²) in [4.78, 5) is 2.48. The quantitative estimate of drug-likeness (QED) is 0.650. The molecule has 1 unspecified atom stereocenters. The molecule has 0 bridgehead atoms. The van der Waals surface area contributed by atoms with Crippen molar-refractivity contribution in [3.8, 4) is 0 Å². The largest absolute Gasteiger partial charge is 0.380 e. The molecule has 1 aliphatic rings. The van der Waals surface area contributed by atoms with Gasteiger partial charge in [-0.1, -0.05) is 6.42 Å². The SMILES string of the molecule is CNCCOCCC1CCCCN1C. The first-order valence-electron chi connectivity index (χ1n) is 5.77. The van der Waals surface area contributed by atoms with Gasteiger partial charge in [0.2, 0.25) is 0 Å². The zero-order chi connectivity index (χ0) is 10.2. The number of rotatable bonds is 6. The van der Waals surface area contributed by atoms with Crippen molar-refractivity contribution in [1.82, 2.24) is 10.2 Å². The Labute approximate surface area is 87.8 Å². The Bertz CT molecular complexity index is 141. The summed E-state index contributed by atoms with van der Waals surface area (Å²) in [5.74, 6) is 0. The Kier molecular flexibility index (Phi) is 6.15. The van der Waals surface area contributed by atoms with E-state index in [0.29, 0.717) is 0 Å². The molecule has 1 fully saturated rings. The van der Waals surface area contributed by atoms with Crippen molar-refractivity contribution in [3.05, 3.63) is 0 Å². The minimum absolute atomic E-state index is 0.762. The van der Waals surface area contributed by atoms with Crippen LogP contribution in [0.2, 0.25) is 0 Å². The summed E-state index contributed by atoms with van der Waals surface area (Å²) in [6.45, 7) is 3.98. The summed E-state index contributed by atoms with van der Waals surface area (Å²) in [5.41, 5.74) is 0. The van der Waals surface area contributed by atoms with E-state index in [-0.39, 0.29) is 0 Å². The van der Waals surface area contributed by atoms with E-state index in [9.17, 15) is 0 Å². The van der Waals surface area contributed by atoms with Crippen molar-refractivity contribution in [2.75, 3.05) is 40.4 Å². The summed E-state index contributed by atoms with van der Waals surface area (Å²) in [6.07, 6.45) is 5.31. The van der Waals surface area contributed by atoms with Gasteiger partial charge in [-0.05, 0) is 39.9 Å². The van der Waals surface area contributed by atoms with Gasteiger partial charge in [0.05, 0.1) is 6.61 Å². The van der Waals surface area contributed by atoms with E-state index in [1.807, 2.05) is 7.05 Å². The molecule has 3 heteroatoms. The van der Waals surface area contributed by atoms with Crippen molar-refractivity contribution in [2.24, 2.45) is 0 Å². The standard InChI is InChI=1S/C11H24N2O/c1-12-7-10-14-9-6-11-5-3-4-8-13(11)2/h11-12H,3-10H2,1-2H3. The van der Waals surface area contributed by atoms with Crippen LogP contribution in [-0.2, 0) is 4.74 Å². The minimum atomic E-state index is 0.762. The lowest BCUT2D eigenvalue weighted by molar-refractivity contribution is 0.0940. The van der Waals surface area contributed by atoms with Gasteiger partial charge in [0.15, 0.2) is 0 Å². The van der Waals surface area contributed by atoms with E-state index in [0.717, 1.165) is 25.8 Å². The van der Waals surface area contributed by atoms with Crippen LogP contribution >= 0.6 is 0 Å². The van der Waals surface area contributed by atoms with E-state index >= 15 is 0 Å². The molecule has 0 aromatic heterocycles. The van der Waals surface area contributed by atoms with Crippen molar-refractivity contribution in [1.29, 1.82) is 0 Å². The zero-order valence-corrected chi connectivity index (χ0v) is 9.59. The fourth-order valence-electron chi connectivity index (χ4n) is 2.00. The molecule has 3 nitrogen and oxygen atoms in total. The lowest BCUT2D eigenvalue weighted by Crippen LogP contribution is -2.37. The van der Waals surface area contributed by atoms with Gasteiger partial charge in [-0.3, -0.25) is 0 Å². The highest BCUT2D eigenvalue weighted by molar-refractivity contribution is 4.73. The number of hydrogen-bond acceptors (Lipinski definition) is 3. The molecule has 1 saturated heterocycles. The molecule has 1 aliphatic heterocycles. The third-order valence-electron chi connectivity index (χ3n) is 3.01. The molecule has 1 heterocycles. The van der Waals surface area contributed by atoms with Crippen LogP contribution in [0.5, 0.6) is 0 Å². The normalized spacial score (nSPS) is 24.0. The maximum Gasteiger partial charge on any atom is 0.0590 e. The Morgan fingerprint density at radius 1 is 1.36 bits per heavy atom. The first-order valence-corrected chi connectivity index (χ1v) is 5.77. The van der Waals surface area contributed by atoms with Crippen LogP contribution in [0.1, 0.15) is 25.7 Å². The van der Waals surface area contributed by atoms with E-state index in [4.69, 9.17) is 4.74 Å². The van der Waals surface area contributed by atoms with Gasteiger partial charge >= 0.3 is 0 Å². The van der Waals surface area contributed by atoms with Gasteiger partial charge in [-0.2, -0.15) is 0 Å². The van der Waals surface area contributed by atoms with Crippen LogP contribution < -0.4 is 5.32 Å². The summed E-state index contributed by atoms with van der Waals surface area (Å²) in [7, 11) is 4.19. The summed E-state index contributed by atoms with van der Waals surface area (Å²) in [6, 6.07) is 0.762. The van der Waals surface area contributed by atoms with E-state index in [1.165, 1.54) is 32.2 Å². The minimum Gasteiger partial charge on any atom is -0.380 e. The monoisotopic (exact) mass is 200 g/mol. The maximum atomic E-state index is 5.54. The summed E-state index contributed by atoms with van der Waals surface area (Å²) >= 11 is 0. The van der Waals surface area contributed by atoms with Crippen molar-refractivity contribution in [2.45, 2.75) is 31.7 Å². The van der Waals surface area contributed by atoms with E-state index in [2.05, 4.69) is 17.3 Å². The third-order valence-corrected chi connectivity index (χ3v) is 3.01. The first kappa shape index (κ1) is 12.0. The Balaban J connectivity index is 1.99. The number of piperidine rings is 1. The van der Waals surface area contributed by atoms with Gasteiger partial charge in [0, 0.05) is 19.2 Å². The Hall–Kier alpha value is -0.120. The van der Waals surface area contributed by atoms with Gasteiger partial charge in [0.25, 0.3) is 0 Å². The fraction of sp³-hybridized carbons (Fsp3) is 1.00. The molecule has 1 N–H and O–H groups in total. The van der Waals surface area contributed by atoms with Crippen LogP contribution in [0, 0.1) is 0 Å². The Morgan fingerprint density at radius 2 is 2.21 bits per heavy atom. The number of likely N-dealkylation sites (N-methyl/N-ethyl adjacent to an activating group) is 1. The molecule has 84 valence electrons. The van der Waals surface area contributed by atoms with Crippen molar-refractivity contribution in [3.63, 3.8) is 0 Å². The predicted molar refractivity (Wildman–Crippen MR) is 59.6 cm³/mol. The lowest BCUT2D eigenvalue weighted by atomic mass is 10.0. The molecule has 0 amide bonds. The van der Waals surface area contributed by atoms with Gasteiger partial charge < -0.3 is 15.0 Å². The second-order valence-electron chi connectivity index (χ2n) is 4.13. The number of likely N-dealkylation sites (tertiary alicyclic amines) is 1. The molecule has 0 aromatic rings. The molecule has 0 spiro atoms. The number of nitrogens with one attached hydrogen (secondary N) is 1. The molecule has 0 aliphatic carbocycles. The molecular weight excluding hydrogens is 176 g/mol. The predicted octanol–water partition coefficient (Wildman–Crippen LogP) is 1.10. The number of ether oxygens (including phenoxy) is 1. The van der Waals surface area contributed by atoms with Crippen LogP contribution in [0.15, 0.2) is 0 Å². The molecule has 14 heavy (non-hydrogen) atoms. The average Bonchev–Trinajstić information content (AvgIpc) is 2.20. The highest BCUT2D eigenvalue weighted by atomic mass is 16.5. The zero-order valence-electron chi connectivity index (χ0n) is 9.59. The van der Waals surface area contributed by atoms with E-state index < -0.39 is 0 Å². The summed E-state index contributed by atoms with van der Waals surface area (Å²) < 4.78 is 5.54. The molecule has 0 saturated carbocycles. The van der Waals surface area contributed by atoms with Crippen LogP contribution in [0.4, 0.5) is 0 Å². The topological polar surface area (TPSA) is 24.5 Å². The average molecular weight is 200 g/mol. The fourth-order valence-corrected chi connectivity index (χ4v) is 2.00. The molecular formula is C11H24N2O. The molecule has 1 rings (SSSR count). The highest BCUT2D eigenvalue weighted by Crippen LogP contribution is 2.17. The first-order chi connectivity index (χ1) is 6.84. The van der Waals surface area contributed by atoms with Gasteiger partial charge in [-0.25, -0.2) is 0 Å². The highest BCUT2D eigenvalue weighted by Gasteiger charge is 2.17. The smallest absolute Gasteiger partial charge is 0.0590 e. The second-order valence-corrected chi connectivity index (χ2v) is 4.13. The second kappa shape index (κ2) is 7.21. The van der Waals surface area contributed by atoms with Crippen LogP contribution in [-0.4, -0.2) is 51.3 Å². The molecule has 1 atom stereocenters. The third kappa shape index (κ3) is 4.40. The van der Waals surface area contributed by atoms with Crippen LogP contribution in [0.3, 0.4) is 0 Å². The maximum absolute atomic E-state index is 5.54. The van der Waals surface area contributed by atoms with Crippen LogP contribution in [0.25, 0.3) is 0 Å². The molecule has 0 aromatic carbocycles. The molecule has 0 radical (unpaired) electrons. The lowest BCUT2D eigenvalue weighted by Gasteiger charge is -2.32. The summed E-state index contributed by atoms with van der Waals surface area (Å²) in [5, 5.41) is 3.08. The number of nitrogens with zero attached hydrogens (tertiary/aromatic N) is 1. The van der Waals surface area contributed by atoms with Crippen molar-refractivity contribution >= 4 is 0 Å². The van der Waals surface area contributed by atoms with E-state index in [1.54, 1.807) is 0 Å². The number of hydrogen-bond donors (Lipinski definition) is 1. The Morgan fingerprint density at radius 3 is 2.93 bits per heavy atom. The van der Waals surface area contributed by atoms with Gasteiger partial charge in [0.1, 0.15) is 0 Å². The van der Waals surface area contributed by atoms with Gasteiger partial charge in [-0.15, -0.1) is 0 Å². The van der Waals surface area contributed by atoms with Crippen molar-refractivity contribution < 1.29 is 4.74 Å².